The molecule has 0 fully saturated rings. The number of anilines is 1. The second-order valence-corrected chi connectivity index (χ2v) is 5.03. The highest BCUT2D eigenvalue weighted by atomic mass is 79.9. The maximum absolute atomic E-state index is 11.7. The Labute approximate surface area is 114 Å². The zero-order valence-corrected chi connectivity index (χ0v) is 12.0. The van der Waals surface area contributed by atoms with E-state index in [1.807, 2.05) is 19.1 Å². The first-order chi connectivity index (χ1) is 7.79. The van der Waals surface area contributed by atoms with Crippen molar-refractivity contribution in [3.63, 3.8) is 0 Å². The average molecular weight is 377 g/mol. The summed E-state index contributed by atoms with van der Waals surface area (Å²) >= 11 is 6.67. The predicted molar refractivity (Wildman–Crippen MR) is 67.1 cm³/mol. The Balaban J connectivity index is 2.53. The first-order valence-electron chi connectivity index (χ1n) is 4.70. The lowest BCUT2D eigenvalue weighted by atomic mass is 10.2. The van der Waals surface area contributed by atoms with E-state index in [9.17, 15) is 13.2 Å². The molecule has 0 saturated heterocycles. The van der Waals surface area contributed by atoms with E-state index in [4.69, 9.17) is 0 Å². The Morgan fingerprint density at radius 3 is 2.24 bits per heavy atom. The van der Waals surface area contributed by atoms with Crippen molar-refractivity contribution in [1.82, 2.24) is 0 Å². The van der Waals surface area contributed by atoms with Crippen LogP contribution >= 0.6 is 31.9 Å². The second-order valence-electron chi connectivity index (χ2n) is 3.32. The van der Waals surface area contributed by atoms with E-state index >= 15 is 0 Å². The molecule has 0 aliphatic carbocycles. The van der Waals surface area contributed by atoms with Crippen LogP contribution in [0.25, 0.3) is 0 Å². The van der Waals surface area contributed by atoms with E-state index in [0.29, 0.717) is 5.69 Å². The van der Waals surface area contributed by atoms with E-state index in [-0.39, 0.29) is 6.54 Å². The zero-order chi connectivity index (χ0) is 13.1. The summed E-state index contributed by atoms with van der Waals surface area (Å²) in [6.07, 6.45) is -4.58. The van der Waals surface area contributed by atoms with Gasteiger partial charge in [-0.15, -0.1) is 13.2 Å². The molecular formula is C10H10Br2F3NO. The number of hydrogen-bond donors (Lipinski definition) is 1. The molecule has 0 aliphatic heterocycles. The third-order valence-corrected chi connectivity index (χ3v) is 3.11. The molecule has 0 aromatic heterocycles. The summed E-state index contributed by atoms with van der Waals surface area (Å²) in [6, 6.07) is 3.75. The van der Waals surface area contributed by atoms with E-state index in [2.05, 4.69) is 41.9 Å². The number of alkyl halides is 3. The van der Waals surface area contributed by atoms with Gasteiger partial charge >= 0.3 is 6.36 Å². The lowest BCUT2D eigenvalue weighted by Gasteiger charge is -2.12. The minimum Gasteiger partial charge on any atom is -0.381 e. The molecule has 0 amide bonds. The molecule has 0 spiro atoms. The minimum absolute atomic E-state index is 0.0692. The molecule has 0 saturated carbocycles. The maximum Gasteiger partial charge on any atom is 0.522 e. The third kappa shape index (κ3) is 5.27. The van der Waals surface area contributed by atoms with E-state index in [1.165, 1.54) is 0 Å². The van der Waals surface area contributed by atoms with Crippen LogP contribution in [0.4, 0.5) is 18.9 Å². The van der Waals surface area contributed by atoms with Gasteiger partial charge in [-0.1, -0.05) is 0 Å². The van der Waals surface area contributed by atoms with Crippen molar-refractivity contribution in [3.8, 4) is 0 Å². The number of rotatable bonds is 4. The minimum atomic E-state index is -4.58. The topological polar surface area (TPSA) is 21.3 Å². The predicted octanol–water partition coefficient (Wildman–Crippen LogP) is 4.47. The molecule has 0 radical (unpaired) electrons. The van der Waals surface area contributed by atoms with Crippen LogP contribution in [0.3, 0.4) is 0 Å². The van der Waals surface area contributed by atoms with Crippen LogP contribution in [0.2, 0.25) is 0 Å². The van der Waals surface area contributed by atoms with Crippen LogP contribution in [0.5, 0.6) is 0 Å². The molecule has 1 aromatic carbocycles. The number of halogens is 5. The molecule has 7 heteroatoms. The second kappa shape index (κ2) is 6.06. The van der Waals surface area contributed by atoms with Gasteiger partial charge in [-0.3, -0.25) is 4.74 Å². The van der Waals surface area contributed by atoms with E-state index in [0.717, 1.165) is 14.5 Å². The number of ether oxygens (including phenoxy) is 1. The fourth-order valence-corrected chi connectivity index (χ4v) is 2.91. The summed E-state index contributed by atoms with van der Waals surface area (Å²) in [5.74, 6) is 0. The van der Waals surface area contributed by atoms with Crippen molar-refractivity contribution in [1.29, 1.82) is 0 Å². The third-order valence-electron chi connectivity index (χ3n) is 1.86. The Hall–Kier alpha value is -0.270. The van der Waals surface area contributed by atoms with Crippen molar-refractivity contribution in [3.05, 3.63) is 26.6 Å². The van der Waals surface area contributed by atoms with Gasteiger partial charge in [-0.25, -0.2) is 0 Å². The Morgan fingerprint density at radius 1 is 1.24 bits per heavy atom. The van der Waals surface area contributed by atoms with Gasteiger partial charge in [-0.2, -0.15) is 0 Å². The van der Waals surface area contributed by atoms with Crippen LogP contribution in [0, 0.1) is 6.92 Å². The first kappa shape index (κ1) is 14.8. The molecule has 0 aliphatic rings. The van der Waals surface area contributed by atoms with Gasteiger partial charge in [0.2, 0.25) is 0 Å². The molecule has 96 valence electrons. The SMILES string of the molecule is Cc1cc(Br)c(NCCOC(F)(F)F)c(Br)c1. The highest BCUT2D eigenvalue weighted by Gasteiger charge is 2.28. The number of nitrogens with one attached hydrogen (secondary N) is 1. The van der Waals surface area contributed by atoms with Crippen LogP contribution in [0.1, 0.15) is 5.56 Å². The molecule has 0 atom stereocenters. The van der Waals surface area contributed by atoms with Gasteiger partial charge in [-0.05, 0) is 56.5 Å². The lowest BCUT2D eigenvalue weighted by molar-refractivity contribution is -0.322. The summed E-state index contributed by atoms with van der Waals surface area (Å²) in [4.78, 5) is 0. The van der Waals surface area contributed by atoms with Gasteiger partial charge in [0.15, 0.2) is 0 Å². The standard InChI is InChI=1S/C10H10Br2F3NO/c1-6-4-7(11)9(8(12)5-6)16-2-3-17-10(13,14)15/h4-5,16H,2-3H2,1H3. The van der Waals surface area contributed by atoms with Crippen LogP contribution in [-0.4, -0.2) is 19.5 Å². The molecule has 0 heterocycles. The van der Waals surface area contributed by atoms with Crippen LogP contribution in [-0.2, 0) is 4.74 Å². The smallest absolute Gasteiger partial charge is 0.381 e. The molecule has 2 nitrogen and oxygen atoms in total. The fourth-order valence-electron chi connectivity index (χ4n) is 1.21. The van der Waals surface area contributed by atoms with Crippen LogP contribution < -0.4 is 5.32 Å². The number of aryl methyl sites for hydroxylation is 1. The van der Waals surface area contributed by atoms with Gasteiger partial charge in [0.25, 0.3) is 0 Å². The summed E-state index contributed by atoms with van der Waals surface area (Å²) in [5.41, 5.74) is 1.75. The quantitative estimate of drug-likeness (QED) is 0.783. The lowest BCUT2D eigenvalue weighted by Crippen LogP contribution is -2.19. The fraction of sp³-hybridized carbons (Fsp3) is 0.400. The van der Waals surface area contributed by atoms with Crippen molar-refractivity contribution < 1.29 is 17.9 Å². The normalized spacial score (nSPS) is 11.6. The Kier molecular flexibility index (Phi) is 5.27. The highest BCUT2D eigenvalue weighted by molar-refractivity contribution is 9.11. The number of benzene rings is 1. The number of hydrogen-bond acceptors (Lipinski definition) is 2. The maximum atomic E-state index is 11.7. The van der Waals surface area contributed by atoms with Crippen molar-refractivity contribution in [2.45, 2.75) is 13.3 Å². The average Bonchev–Trinajstić information content (AvgIpc) is 2.13. The van der Waals surface area contributed by atoms with E-state index < -0.39 is 13.0 Å². The van der Waals surface area contributed by atoms with Crippen LogP contribution in [0.15, 0.2) is 21.1 Å². The summed E-state index contributed by atoms with van der Waals surface area (Å²) in [5, 5.41) is 2.86. The molecule has 0 bridgehead atoms. The van der Waals surface area contributed by atoms with Gasteiger partial charge in [0.1, 0.15) is 0 Å². The van der Waals surface area contributed by atoms with Gasteiger partial charge in [0.05, 0.1) is 12.3 Å². The molecule has 1 N–H and O–H groups in total. The summed E-state index contributed by atoms with van der Waals surface area (Å²) < 4.78 is 40.4. The van der Waals surface area contributed by atoms with E-state index in [1.54, 1.807) is 0 Å². The van der Waals surface area contributed by atoms with Crippen molar-refractivity contribution in [2.75, 3.05) is 18.5 Å². The Morgan fingerprint density at radius 2 is 1.76 bits per heavy atom. The summed E-state index contributed by atoms with van der Waals surface area (Å²) in [6.45, 7) is 1.56. The molecule has 0 unspecified atom stereocenters. The summed E-state index contributed by atoms with van der Waals surface area (Å²) in [7, 11) is 0. The molecule has 17 heavy (non-hydrogen) atoms. The molecule has 1 aromatic rings. The molecular weight excluding hydrogens is 367 g/mol. The molecule has 1 rings (SSSR count). The van der Waals surface area contributed by atoms with Gasteiger partial charge in [0, 0.05) is 15.5 Å². The monoisotopic (exact) mass is 375 g/mol. The first-order valence-corrected chi connectivity index (χ1v) is 6.28. The van der Waals surface area contributed by atoms with Crippen molar-refractivity contribution in [2.24, 2.45) is 0 Å². The van der Waals surface area contributed by atoms with Crippen molar-refractivity contribution >= 4 is 37.5 Å². The zero-order valence-electron chi connectivity index (χ0n) is 8.87. The highest BCUT2D eigenvalue weighted by Crippen LogP contribution is 2.32. The van der Waals surface area contributed by atoms with Gasteiger partial charge < -0.3 is 5.32 Å². The Bertz CT molecular complexity index is 373. The largest absolute Gasteiger partial charge is 0.522 e.